The van der Waals surface area contributed by atoms with Crippen molar-refractivity contribution in [3.63, 3.8) is 0 Å². The van der Waals surface area contributed by atoms with Crippen molar-refractivity contribution in [3.05, 3.63) is 23.3 Å². The van der Waals surface area contributed by atoms with Crippen molar-refractivity contribution >= 4 is 11.7 Å². The zero-order chi connectivity index (χ0) is 15.0. The van der Waals surface area contributed by atoms with Crippen molar-refractivity contribution in [2.45, 2.75) is 26.7 Å². The first-order valence-corrected chi connectivity index (χ1v) is 6.79. The Hall–Kier alpha value is -1.75. The van der Waals surface area contributed by atoms with Crippen molar-refractivity contribution in [1.29, 1.82) is 0 Å². The summed E-state index contributed by atoms with van der Waals surface area (Å²) in [6, 6.07) is 3.40. The Kier molecular flexibility index (Phi) is 6.87. The van der Waals surface area contributed by atoms with Gasteiger partial charge in [-0.05, 0) is 31.0 Å². The highest BCUT2D eigenvalue weighted by Gasteiger charge is 2.13. The first kappa shape index (κ1) is 16.3. The molecule has 5 heteroatoms. The summed E-state index contributed by atoms with van der Waals surface area (Å²) in [5.74, 6) is 0.131. The van der Waals surface area contributed by atoms with Gasteiger partial charge in [-0.3, -0.25) is 0 Å². The van der Waals surface area contributed by atoms with E-state index < -0.39 is 5.97 Å². The predicted octanol–water partition coefficient (Wildman–Crippen LogP) is 2.56. The Morgan fingerprint density at radius 2 is 2.00 bits per heavy atom. The second-order valence-corrected chi connectivity index (χ2v) is 4.51. The topological polar surface area (TPSA) is 70.8 Å². The number of unbranched alkanes of at least 4 members (excludes halogenated alkanes) is 1. The van der Waals surface area contributed by atoms with Gasteiger partial charge in [0.25, 0.3) is 0 Å². The van der Waals surface area contributed by atoms with E-state index in [1.165, 1.54) is 7.11 Å². The van der Waals surface area contributed by atoms with Gasteiger partial charge in [0.15, 0.2) is 0 Å². The fourth-order valence-electron chi connectivity index (χ4n) is 1.69. The minimum Gasteiger partial charge on any atom is -0.491 e. The number of aryl methyl sites for hydroxylation is 1. The second kappa shape index (κ2) is 8.43. The van der Waals surface area contributed by atoms with Crippen LogP contribution in [0.1, 0.15) is 35.7 Å². The summed E-state index contributed by atoms with van der Waals surface area (Å²) in [7, 11) is 1.33. The molecule has 112 valence electrons. The van der Waals surface area contributed by atoms with Crippen molar-refractivity contribution in [2.75, 3.05) is 32.7 Å². The van der Waals surface area contributed by atoms with Gasteiger partial charge in [0.05, 0.1) is 19.3 Å². The van der Waals surface area contributed by atoms with Crippen LogP contribution in [0.2, 0.25) is 0 Å². The van der Waals surface area contributed by atoms with E-state index in [0.717, 1.165) is 25.0 Å². The van der Waals surface area contributed by atoms with Gasteiger partial charge in [-0.1, -0.05) is 13.3 Å². The quantitative estimate of drug-likeness (QED) is 0.450. The molecular weight excluding hydrogens is 258 g/mol. The molecule has 0 aromatic heterocycles. The lowest BCUT2D eigenvalue weighted by atomic mass is 10.1. The molecule has 0 aliphatic heterocycles. The van der Waals surface area contributed by atoms with Crippen LogP contribution >= 0.6 is 0 Å². The fourth-order valence-corrected chi connectivity index (χ4v) is 1.69. The minimum absolute atomic E-state index is 0.328. The van der Waals surface area contributed by atoms with E-state index in [2.05, 4.69) is 6.92 Å². The highest BCUT2D eigenvalue weighted by molar-refractivity contribution is 5.96. The van der Waals surface area contributed by atoms with E-state index in [1.54, 1.807) is 12.1 Å². The molecule has 0 radical (unpaired) electrons. The van der Waals surface area contributed by atoms with Crippen molar-refractivity contribution in [3.8, 4) is 5.75 Å². The average Bonchev–Trinajstić information content (AvgIpc) is 2.45. The third-order valence-electron chi connectivity index (χ3n) is 2.90. The molecule has 0 atom stereocenters. The molecule has 2 N–H and O–H groups in total. The maximum absolute atomic E-state index is 11.6. The largest absolute Gasteiger partial charge is 0.491 e. The van der Waals surface area contributed by atoms with Crippen LogP contribution in [-0.2, 0) is 9.47 Å². The SMILES string of the molecule is CCCCOCCOc1cc(C)c(N)c(C(=O)OC)c1. The molecule has 0 fully saturated rings. The molecule has 0 saturated heterocycles. The molecule has 0 spiro atoms. The first-order chi connectivity index (χ1) is 9.60. The summed E-state index contributed by atoms with van der Waals surface area (Å²) in [6.45, 7) is 5.65. The zero-order valence-corrected chi connectivity index (χ0v) is 12.4. The summed E-state index contributed by atoms with van der Waals surface area (Å²) >= 11 is 0. The van der Waals surface area contributed by atoms with Crippen LogP contribution in [0, 0.1) is 6.92 Å². The Balaban J connectivity index is 2.58. The smallest absolute Gasteiger partial charge is 0.340 e. The molecule has 1 rings (SSSR count). The number of hydrogen-bond acceptors (Lipinski definition) is 5. The van der Waals surface area contributed by atoms with Gasteiger partial charge >= 0.3 is 5.97 Å². The van der Waals surface area contributed by atoms with E-state index in [0.29, 0.717) is 30.2 Å². The van der Waals surface area contributed by atoms with Crippen LogP contribution in [0.5, 0.6) is 5.75 Å². The third-order valence-corrected chi connectivity index (χ3v) is 2.90. The number of methoxy groups -OCH3 is 1. The standard InChI is InChI=1S/C15H23NO4/c1-4-5-6-19-7-8-20-12-9-11(2)14(16)13(10-12)15(17)18-3/h9-10H,4-8,16H2,1-3H3. The summed E-state index contributed by atoms with van der Waals surface area (Å²) in [5.41, 5.74) is 7.39. The number of nitrogens with two attached hydrogens (primary N) is 1. The third kappa shape index (κ3) is 4.74. The minimum atomic E-state index is -0.463. The Morgan fingerprint density at radius 1 is 1.25 bits per heavy atom. The lowest BCUT2D eigenvalue weighted by Gasteiger charge is -2.12. The molecular formula is C15H23NO4. The maximum atomic E-state index is 11.6. The number of hydrogen-bond donors (Lipinski definition) is 1. The van der Waals surface area contributed by atoms with E-state index in [4.69, 9.17) is 19.9 Å². The highest BCUT2D eigenvalue weighted by atomic mass is 16.5. The van der Waals surface area contributed by atoms with Gasteiger partial charge in [0.2, 0.25) is 0 Å². The van der Waals surface area contributed by atoms with Crippen LogP contribution in [0.3, 0.4) is 0 Å². The highest BCUT2D eigenvalue weighted by Crippen LogP contribution is 2.25. The average molecular weight is 281 g/mol. The van der Waals surface area contributed by atoms with Crippen LogP contribution in [0.25, 0.3) is 0 Å². The van der Waals surface area contributed by atoms with Gasteiger partial charge in [0, 0.05) is 12.3 Å². The number of esters is 1. The van der Waals surface area contributed by atoms with Crippen LogP contribution < -0.4 is 10.5 Å². The molecule has 20 heavy (non-hydrogen) atoms. The molecule has 0 bridgehead atoms. The van der Waals surface area contributed by atoms with Gasteiger partial charge in [-0.25, -0.2) is 4.79 Å². The maximum Gasteiger partial charge on any atom is 0.340 e. The van der Waals surface area contributed by atoms with Crippen molar-refractivity contribution in [1.82, 2.24) is 0 Å². The normalized spacial score (nSPS) is 10.3. The van der Waals surface area contributed by atoms with Crippen molar-refractivity contribution in [2.24, 2.45) is 0 Å². The summed E-state index contributed by atoms with van der Waals surface area (Å²) < 4.78 is 15.7. The molecule has 0 amide bonds. The Labute approximate surface area is 120 Å². The summed E-state index contributed by atoms with van der Waals surface area (Å²) in [4.78, 5) is 11.6. The van der Waals surface area contributed by atoms with Crippen molar-refractivity contribution < 1.29 is 19.0 Å². The van der Waals surface area contributed by atoms with Crippen LogP contribution in [0.15, 0.2) is 12.1 Å². The number of anilines is 1. The molecule has 0 heterocycles. The first-order valence-electron chi connectivity index (χ1n) is 6.79. The monoisotopic (exact) mass is 281 g/mol. The number of carbonyl (C=O) groups excluding carboxylic acids is 1. The fraction of sp³-hybridized carbons (Fsp3) is 0.533. The van der Waals surface area contributed by atoms with E-state index in [-0.39, 0.29) is 0 Å². The van der Waals surface area contributed by atoms with Crippen LogP contribution in [-0.4, -0.2) is 32.9 Å². The molecule has 0 aliphatic carbocycles. The Morgan fingerprint density at radius 3 is 2.65 bits per heavy atom. The van der Waals surface area contributed by atoms with E-state index >= 15 is 0 Å². The number of carbonyl (C=O) groups is 1. The lowest BCUT2D eigenvalue weighted by Crippen LogP contribution is -2.10. The lowest BCUT2D eigenvalue weighted by molar-refractivity contribution is 0.0601. The van der Waals surface area contributed by atoms with E-state index in [1.807, 2.05) is 6.92 Å². The van der Waals surface area contributed by atoms with E-state index in [9.17, 15) is 4.79 Å². The number of benzene rings is 1. The number of ether oxygens (including phenoxy) is 3. The molecule has 0 aliphatic rings. The molecule has 1 aromatic carbocycles. The Bertz CT molecular complexity index is 446. The summed E-state index contributed by atoms with van der Waals surface area (Å²) in [6.07, 6.45) is 2.16. The molecule has 5 nitrogen and oxygen atoms in total. The number of rotatable bonds is 8. The predicted molar refractivity (Wildman–Crippen MR) is 78.2 cm³/mol. The number of nitrogen functional groups attached to an aromatic ring is 1. The van der Waals surface area contributed by atoms with Crippen LogP contribution in [0.4, 0.5) is 5.69 Å². The van der Waals surface area contributed by atoms with Gasteiger partial charge in [-0.2, -0.15) is 0 Å². The van der Waals surface area contributed by atoms with Gasteiger partial charge in [-0.15, -0.1) is 0 Å². The summed E-state index contributed by atoms with van der Waals surface area (Å²) in [5, 5.41) is 0. The zero-order valence-electron chi connectivity index (χ0n) is 12.4. The molecule has 1 aromatic rings. The molecule has 0 saturated carbocycles. The van der Waals surface area contributed by atoms with Gasteiger partial charge < -0.3 is 19.9 Å². The molecule has 0 unspecified atom stereocenters. The second-order valence-electron chi connectivity index (χ2n) is 4.51. The van der Waals surface area contributed by atoms with Gasteiger partial charge in [0.1, 0.15) is 12.4 Å².